The van der Waals surface area contributed by atoms with Crippen LogP contribution in [0.3, 0.4) is 0 Å². The Morgan fingerprint density at radius 1 is 1.24 bits per heavy atom. The number of rotatable bonds is 4. The van der Waals surface area contributed by atoms with Crippen molar-refractivity contribution in [3.63, 3.8) is 0 Å². The molecule has 0 unspecified atom stereocenters. The Labute approximate surface area is 146 Å². The van der Waals surface area contributed by atoms with Crippen molar-refractivity contribution in [1.29, 1.82) is 0 Å². The van der Waals surface area contributed by atoms with Gasteiger partial charge in [-0.1, -0.05) is 38.1 Å². The molecule has 0 spiro atoms. The predicted octanol–water partition coefficient (Wildman–Crippen LogP) is 2.07. The van der Waals surface area contributed by atoms with Gasteiger partial charge in [0.25, 0.3) is 11.8 Å². The van der Waals surface area contributed by atoms with Crippen molar-refractivity contribution in [2.24, 2.45) is 5.41 Å². The number of ketones is 1. The van der Waals surface area contributed by atoms with Crippen LogP contribution in [-0.2, 0) is 9.59 Å². The van der Waals surface area contributed by atoms with E-state index in [0.717, 1.165) is 0 Å². The van der Waals surface area contributed by atoms with Crippen molar-refractivity contribution in [3.05, 3.63) is 24.3 Å². The molecule has 25 heavy (non-hydrogen) atoms. The summed E-state index contributed by atoms with van der Waals surface area (Å²) >= 11 is 0. The second-order valence-electron chi connectivity index (χ2n) is 7.05. The van der Waals surface area contributed by atoms with E-state index < -0.39 is 23.1 Å². The average Bonchev–Trinajstić information content (AvgIpc) is 3.26. The Bertz CT molecular complexity index is 840. The molecule has 1 saturated heterocycles. The summed E-state index contributed by atoms with van der Waals surface area (Å²) in [5, 5.41) is 7.93. The van der Waals surface area contributed by atoms with Crippen LogP contribution in [0.2, 0.25) is 0 Å². The number of carbonyl (C=O) groups excluding carboxylic acids is 3. The monoisotopic (exact) mass is 342 g/mol. The number of likely N-dealkylation sites (tertiary alicyclic amines) is 1. The minimum Gasteiger partial charge on any atom is -0.324 e. The lowest BCUT2D eigenvalue weighted by molar-refractivity contribution is -0.149. The molecule has 0 N–H and O–H groups in total. The maximum Gasteiger partial charge on any atom is 0.291 e. The summed E-state index contributed by atoms with van der Waals surface area (Å²) in [4.78, 5) is 39.5. The van der Waals surface area contributed by atoms with Crippen LogP contribution in [0.5, 0.6) is 0 Å². The van der Waals surface area contributed by atoms with E-state index in [1.807, 2.05) is 13.0 Å². The van der Waals surface area contributed by atoms with Crippen LogP contribution in [0.25, 0.3) is 11.0 Å². The second kappa shape index (κ2) is 6.38. The summed E-state index contributed by atoms with van der Waals surface area (Å²) in [6.45, 7) is 5.79. The molecule has 1 fully saturated rings. The summed E-state index contributed by atoms with van der Waals surface area (Å²) in [6, 6.07) is 6.49. The van der Waals surface area contributed by atoms with Gasteiger partial charge < -0.3 is 4.90 Å². The third kappa shape index (κ3) is 2.94. The van der Waals surface area contributed by atoms with E-state index in [4.69, 9.17) is 0 Å². The van der Waals surface area contributed by atoms with E-state index in [1.165, 1.54) is 9.58 Å². The number of hydrogen-bond donors (Lipinski definition) is 0. The van der Waals surface area contributed by atoms with Crippen molar-refractivity contribution in [1.82, 2.24) is 19.9 Å². The fourth-order valence-corrected chi connectivity index (χ4v) is 3.02. The zero-order valence-electron chi connectivity index (χ0n) is 14.7. The van der Waals surface area contributed by atoms with Crippen molar-refractivity contribution in [2.75, 3.05) is 6.54 Å². The van der Waals surface area contributed by atoms with Gasteiger partial charge in [0.15, 0.2) is 0 Å². The number of nitrogens with zero attached hydrogens (tertiary/aromatic N) is 4. The van der Waals surface area contributed by atoms with Crippen molar-refractivity contribution >= 4 is 28.6 Å². The molecule has 0 bridgehead atoms. The molecular weight excluding hydrogens is 320 g/mol. The highest BCUT2D eigenvalue weighted by atomic mass is 16.2. The van der Waals surface area contributed by atoms with E-state index in [2.05, 4.69) is 10.3 Å². The Kier molecular flexibility index (Phi) is 4.41. The number of fused-ring (bicyclic) bond motifs is 1. The first kappa shape index (κ1) is 17.3. The molecule has 7 heteroatoms. The first-order valence-corrected chi connectivity index (χ1v) is 8.57. The summed E-state index contributed by atoms with van der Waals surface area (Å²) in [5.41, 5.74) is 0.495. The van der Waals surface area contributed by atoms with Gasteiger partial charge in [0.2, 0.25) is 5.78 Å². The highest BCUT2D eigenvalue weighted by Gasteiger charge is 2.41. The van der Waals surface area contributed by atoms with Crippen LogP contribution in [0, 0.1) is 5.41 Å². The Morgan fingerprint density at radius 2 is 1.96 bits per heavy atom. The van der Waals surface area contributed by atoms with Crippen LogP contribution in [0.1, 0.15) is 44.8 Å². The molecule has 0 aliphatic carbocycles. The molecule has 1 aliphatic rings. The molecule has 1 aromatic carbocycles. The quantitative estimate of drug-likeness (QED) is 0.794. The maximum atomic E-state index is 12.9. The Balaban J connectivity index is 1.88. The number of benzene rings is 1. The summed E-state index contributed by atoms with van der Waals surface area (Å²) in [7, 11) is 0. The first-order chi connectivity index (χ1) is 11.9. The van der Waals surface area contributed by atoms with Crippen LogP contribution in [0.15, 0.2) is 24.3 Å². The number of amides is 1. The molecule has 2 heterocycles. The Morgan fingerprint density at radius 3 is 2.68 bits per heavy atom. The highest BCUT2D eigenvalue weighted by Crippen LogP contribution is 2.26. The molecule has 0 radical (unpaired) electrons. The lowest BCUT2D eigenvalue weighted by Crippen LogP contribution is -2.48. The normalized spacial score (nSPS) is 17.9. The van der Waals surface area contributed by atoms with Crippen LogP contribution in [-0.4, -0.2) is 50.1 Å². The average molecular weight is 342 g/mol. The molecule has 1 amide bonds. The van der Waals surface area contributed by atoms with Crippen molar-refractivity contribution in [2.45, 2.75) is 46.1 Å². The number of para-hydroxylation sites is 1. The number of Topliss-reactive ketones (excluding diaryl/α,β-unsaturated/α-hetero) is 1. The molecule has 132 valence electrons. The van der Waals surface area contributed by atoms with Gasteiger partial charge in [0, 0.05) is 12.0 Å². The van der Waals surface area contributed by atoms with Gasteiger partial charge in [-0.2, -0.15) is 4.68 Å². The third-order valence-electron chi connectivity index (χ3n) is 5.05. The fourth-order valence-electron chi connectivity index (χ4n) is 3.02. The summed E-state index contributed by atoms with van der Waals surface area (Å²) < 4.78 is 1.24. The largest absolute Gasteiger partial charge is 0.324 e. The number of aromatic nitrogens is 3. The zero-order chi connectivity index (χ0) is 18.2. The predicted molar refractivity (Wildman–Crippen MR) is 92.0 cm³/mol. The van der Waals surface area contributed by atoms with Crippen molar-refractivity contribution < 1.29 is 14.4 Å². The van der Waals surface area contributed by atoms with Gasteiger partial charge in [-0.25, -0.2) is 0 Å². The fraction of sp³-hybridized carbons (Fsp3) is 0.500. The molecule has 1 aromatic heterocycles. The summed E-state index contributed by atoms with van der Waals surface area (Å²) in [6.07, 6.45) is 1.78. The van der Waals surface area contributed by atoms with E-state index in [-0.39, 0.29) is 5.91 Å². The molecule has 3 rings (SSSR count). The molecule has 0 saturated carbocycles. The van der Waals surface area contributed by atoms with Gasteiger partial charge in [-0.15, -0.1) is 5.10 Å². The molecule has 1 aliphatic heterocycles. The lowest BCUT2D eigenvalue weighted by Gasteiger charge is -2.27. The van der Waals surface area contributed by atoms with Crippen LogP contribution < -0.4 is 0 Å². The minimum absolute atomic E-state index is 0.318. The summed E-state index contributed by atoms with van der Waals surface area (Å²) in [5.74, 6) is -1.34. The molecule has 2 aromatic rings. The van der Waals surface area contributed by atoms with Crippen molar-refractivity contribution in [3.8, 4) is 0 Å². The van der Waals surface area contributed by atoms with Crippen LogP contribution >= 0.6 is 0 Å². The van der Waals surface area contributed by atoms with E-state index in [0.29, 0.717) is 36.8 Å². The highest BCUT2D eigenvalue weighted by molar-refractivity contribution is 6.38. The van der Waals surface area contributed by atoms with E-state index in [1.54, 1.807) is 32.0 Å². The molecule has 1 atom stereocenters. The Hall–Kier alpha value is -2.57. The number of carbonyl (C=O) groups is 3. The smallest absolute Gasteiger partial charge is 0.291 e. The zero-order valence-corrected chi connectivity index (χ0v) is 14.7. The third-order valence-corrected chi connectivity index (χ3v) is 5.05. The van der Waals surface area contributed by atoms with Crippen LogP contribution in [0.4, 0.5) is 0 Å². The standard InChI is InChI=1S/C18H22N4O3/c1-4-18(2,3)15(23)17(25)21-11-7-10-14(21)16(24)22-13-9-6-5-8-12(13)19-20-22/h5-6,8-9,14H,4,7,10-11H2,1-3H3/t14-/m0/s1. The maximum absolute atomic E-state index is 12.9. The van der Waals surface area contributed by atoms with Gasteiger partial charge in [0.1, 0.15) is 11.6 Å². The lowest BCUT2D eigenvalue weighted by atomic mass is 9.84. The molecule has 7 nitrogen and oxygen atoms in total. The minimum atomic E-state index is -0.729. The topological polar surface area (TPSA) is 85.2 Å². The molecular formula is C18H22N4O3. The first-order valence-electron chi connectivity index (χ1n) is 8.57. The van der Waals surface area contributed by atoms with E-state index >= 15 is 0 Å². The van der Waals surface area contributed by atoms with E-state index in [9.17, 15) is 14.4 Å². The van der Waals surface area contributed by atoms with Gasteiger partial charge in [0.05, 0.1) is 5.52 Å². The SMILES string of the molecule is CCC(C)(C)C(=O)C(=O)N1CCC[C@H]1C(=O)n1nnc2ccccc21. The van der Waals surface area contributed by atoms with Gasteiger partial charge in [-0.3, -0.25) is 14.4 Å². The second-order valence-corrected chi connectivity index (χ2v) is 7.05. The van der Waals surface area contributed by atoms with Gasteiger partial charge in [-0.05, 0) is 31.4 Å². The van der Waals surface area contributed by atoms with Gasteiger partial charge >= 0.3 is 0 Å². The number of hydrogen-bond acceptors (Lipinski definition) is 5.